The molecule has 0 aliphatic carbocycles. The van der Waals surface area contributed by atoms with E-state index in [1.165, 1.54) is 23.7 Å². The lowest BCUT2D eigenvalue weighted by molar-refractivity contribution is 0.0706. The van der Waals surface area contributed by atoms with Crippen molar-refractivity contribution in [2.45, 2.75) is 11.8 Å². The molecule has 0 aliphatic rings. The molecule has 0 spiro atoms. The summed E-state index contributed by atoms with van der Waals surface area (Å²) >= 11 is 2.79. The molecule has 0 saturated carbocycles. The van der Waals surface area contributed by atoms with Crippen molar-refractivity contribution in [3.05, 3.63) is 51.5 Å². The molecule has 0 aliphatic heterocycles. The number of anilines is 2. The lowest BCUT2D eigenvalue weighted by Crippen LogP contribution is -2.21. The van der Waals surface area contributed by atoms with Crippen molar-refractivity contribution in [3.8, 4) is 0 Å². The Hall–Kier alpha value is -2.04. The average molecular weight is 435 g/mol. The number of hydrogen-bond donors (Lipinski definition) is 3. The Labute approximate surface area is 150 Å². The van der Waals surface area contributed by atoms with Gasteiger partial charge in [-0.2, -0.15) is 0 Å². The van der Waals surface area contributed by atoms with Gasteiger partial charge in [-0.05, 0) is 52.7 Å². The van der Waals surface area contributed by atoms with Crippen molar-refractivity contribution in [3.63, 3.8) is 0 Å². The van der Waals surface area contributed by atoms with Crippen molar-refractivity contribution in [1.29, 1.82) is 0 Å². The highest BCUT2D eigenvalue weighted by molar-refractivity contribution is 9.10. The van der Waals surface area contributed by atoms with Gasteiger partial charge in [-0.25, -0.2) is 22.7 Å². The molecule has 2 aromatic rings. The summed E-state index contributed by atoms with van der Waals surface area (Å²) in [6.45, 7) is 1.57. The second-order valence-corrected chi connectivity index (χ2v) is 8.09. The third-order valence-electron chi connectivity index (χ3n) is 3.39. The minimum atomic E-state index is -3.43. The molecule has 0 bridgehead atoms. The quantitative estimate of drug-likeness (QED) is 0.389. The van der Waals surface area contributed by atoms with E-state index in [2.05, 4.69) is 21.2 Å². The Bertz CT molecular complexity index is 964. The molecule has 6 nitrogen and oxygen atoms in total. The number of sulfone groups is 1. The van der Waals surface area contributed by atoms with Crippen LogP contribution in [0.4, 0.5) is 20.2 Å². The van der Waals surface area contributed by atoms with Crippen molar-refractivity contribution in [2.75, 3.05) is 11.6 Å². The van der Waals surface area contributed by atoms with E-state index in [0.29, 0.717) is 5.56 Å². The summed E-state index contributed by atoms with van der Waals surface area (Å²) in [5, 5.41) is 11.4. The molecule has 2 rings (SSSR count). The number of carbonyl (C=O) groups is 1. The number of benzene rings is 2. The first-order valence-electron chi connectivity index (χ1n) is 6.76. The molecule has 10 heteroatoms. The second kappa shape index (κ2) is 7.06. The van der Waals surface area contributed by atoms with Crippen LogP contribution in [0, 0.1) is 18.6 Å². The van der Waals surface area contributed by atoms with Gasteiger partial charge in [0.1, 0.15) is 0 Å². The maximum atomic E-state index is 14.3. The standard InChI is InChI=1S/C15H13BrF2N2O4S/c1-7-5-8(25(2,23)24)3-4-11(7)19-14-9(15(21)20-22)6-10(16)12(17)13(14)18/h3-6,19,22H,1-2H3,(H,20,21). The Morgan fingerprint density at radius 2 is 1.84 bits per heavy atom. The molecule has 0 aromatic heterocycles. The van der Waals surface area contributed by atoms with Crippen molar-refractivity contribution >= 4 is 43.0 Å². The molecule has 0 fully saturated rings. The molecule has 2 aromatic carbocycles. The lowest BCUT2D eigenvalue weighted by Gasteiger charge is -2.15. The zero-order valence-electron chi connectivity index (χ0n) is 13.0. The molecule has 0 heterocycles. The van der Waals surface area contributed by atoms with Gasteiger partial charge in [-0.3, -0.25) is 10.0 Å². The zero-order valence-corrected chi connectivity index (χ0v) is 15.4. The first kappa shape index (κ1) is 19.3. The van der Waals surface area contributed by atoms with E-state index in [0.717, 1.165) is 12.3 Å². The Kier molecular flexibility index (Phi) is 5.45. The molecule has 25 heavy (non-hydrogen) atoms. The van der Waals surface area contributed by atoms with Gasteiger partial charge in [0.05, 0.1) is 20.6 Å². The SMILES string of the molecule is Cc1cc(S(C)(=O)=O)ccc1Nc1c(C(=O)NO)cc(Br)c(F)c1F. The van der Waals surface area contributed by atoms with E-state index < -0.39 is 33.1 Å². The van der Waals surface area contributed by atoms with Crippen LogP contribution in [0.1, 0.15) is 15.9 Å². The van der Waals surface area contributed by atoms with Gasteiger partial charge in [0.15, 0.2) is 21.5 Å². The van der Waals surface area contributed by atoms with Crippen LogP contribution in [-0.4, -0.2) is 25.8 Å². The van der Waals surface area contributed by atoms with Gasteiger partial charge in [0.25, 0.3) is 5.91 Å². The summed E-state index contributed by atoms with van der Waals surface area (Å²) in [5.74, 6) is -3.60. The van der Waals surface area contributed by atoms with Gasteiger partial charge < -0.3 is 5.32 Å². The van der Waals surface area contributed by atoms with Gasteiger partial charge >= 0.3 is 0 Å². The molecule has 0 atom stereocenters. The molecule has 0 saturated heterocycles. The first-order valence-corrected chi connectivity index (χ1v) is 9.44. The fourth-order valence-electron chi connectivity index (χ4n) is 2.10. The van der Waals surface area contributed by atoms with E-state index in [1.807, 2.05) is 0 Å². The highest BCUT2D eigenvalue weighted by Gasteiger charge is 2.22. The summed E-state index contributed by atoms with van der Waals surface area (Å²) in [4.78, 5) is 11.8. The molecule has 0 unspecified atom stereocenters. The van der Waals surface area contributed by atoms with E-state index in [4.69, 9.17) is 5.21 Å². The topological polar surface area (TPSA) is 95.5 Å². The summed E-state index contributed by atoms with van der Waals surface area (Å²) in [7, 11) is -3.43. The molecular formula is C15H13BrF2N2O4S. The van der Waals surface area contributed by atoms with Gasteiger partial charge in [-0.1, -0.05) is 0 Å². The lowest BCUT2D eigenvalue weighted by atomic mass is 10.1. The van der Waals surface area contributed by atoms with Crippen LogP contribution < -0.4 is 10.8 Å². The van der Waals surface area contributed by atoms with Crippen LogP contribution in [-0.2, 0) is 9.84 Å². The number of hydroxylamine groups is 1. The van der Waals surface area contributed by atoms with Crippen molar-refractivity contribution < 1.29 is 27.2 Å². The fraction of sp³-hybridized carbons (Fsp3) is 0.133. The maximum Gasteiger partial charge on any atom is 0.276 e. The van der Waals surface area contributed by atoms with E-state index in [-0.39, 0.29) is 20.6 Å². The number of halogens is 3. The number of hydrogen-bond acceptors (Lipinski definition) is 5. The number of amides is 1. The zero-order chi connectivity index (χ0) is 18.9. The summed E-state index contributed by atoms with van der Waals surface area (Å²) in [5.41, 5.74) is 1.21. The van der Waals surface area contributed by atoms with Gasteiger partial charge in [0.2, 0.25) is 0 Å². The minimum Gasteiger partial charge on any atom is -0.352 e. The average Bonchev–Trinajstić information content (AvgIpc) is 2.54. The molecular weight excluding hydrogens is 422 g/mol. The normalized spacial score (nSPS) is 11.3. The van der Waals surface area contributed by atoms with Gasteiger partial charge in [0, 0.05) is 11.9 Å². The monoisotopic (exact) mass is 434 g/mol. The number of rotatable bonds is 4. The van der Waals surface area contributed by atoms with E-state index in [9.17, 15) is 22.0 Å². The minimum absolute atomic E-state index is 0.0614. The summed E-state index contributed by atoms with van der Waals surface area (Å²) in [6, 6.07) is 5.03. The van der Waals surface area contributed by atoms with Crippen LogP contribution in [0.3, 0.4) is 0 Å². The Morgan fingerprint density at radius 1 is 1.20 bits per heavy atom. The second-order valence-electron chi connectivity index (χ2n) is 5.22. The number of aryl methyl sites for hydroxylation is 1. The fourth-order valence-corrected chi connectivity index (χ4v) is 3.21. The molecule has 1 amide bonds. The van der Waals surface area contributed by atoms with Crippen LogP contribution in [0.25, 0.3) is 0 Å². The predicted molar refractivity (Wildman–Crippen MR) is 90.9 cm³/mol. The van der Waals surface area contributed by atoms with Crippen LogP contribution in [0.2, 0.25) is 0 Å². The number of nitrogens with one attached hydrogen (secondary N) is 2. The van der Waals surface area contributed by atoms with Crippen LogP contribution in [0.5, 0.6) is 0 Å². The summed E-state index contributed by atoms with van der Waals surface area (Å²) < 4.78 is 50.9. The molecule has 134 valence electrons. The smallest absolute Gasteiger partial charge is 0.276 e. The summed E-state index contributed by atoms with van der Waals surface area (Å²) in [6.07, 6.45) is 1.04. The predicted octanol–water partition coefficient (Wildman–Crippen LogP) is 3.30. The molecule has 0 radical (unpaired) electrons. The molecule has 3 N–H and O–H groups in total. The van der Waals surface area contributed by atoms with Crippen molar-refractivity contribution in [2.24, 2.45) is 0 Å². The van der Waals surface area contributed by atoms with E-state index >= 15 is 0 Å². The highest BCUT2D eigenvalue weighted by atomic mass is 79.9. The van der Waals surface area contributed by atoms with Crippen LogP contribution in [0.15, 0.2) is 33.6 Å². The van der Waals surface area contributed by atoms with Gasteiger partial charge in [-0.15, -0.1) is 0 Å². The largest absolute Gasteiger partial charge is 0.352 e. The first-order chi connectivity index (χ1) is 11.6. The third-order valence-corrected chi connectivity index (χ3v) is 5.08. The maximum absolute atomic E-state index is 14.3. The van der Waals surface area contributed by atoms with E-state index in [1.54, 1.807) is 6.92 Å². The third kappa shape index (κ3) is 3.97. The Balaban J connectivity index is 2.57. The highest BCUT2D eigenvalue weighted by Crippen LogP contribution is 2.32. The van der Waals surface area contributed by atoms with Crippen LogP contribution >= 0.6 is 15.9 Å². The van der Waals surface area contributed by atoms with Crippen molar-refractivity contribution in [1.82, 2.24) is 5.48 Å². The number of carbonyl (C=O) groups excluding carboxylic acids is 1. The Morgan fingerprint density at radius 3 is 2.36 bits per heavy atom.